The number of halogens is 1. The number of hydrogen-bond donors (Lipinski definition) is 2. The van der Waals surface area contributed by atoms with E-state index >= 15 is 0 Å². The topological polar surface area (TPSA) is 100 Å². The molecule has 3 N–H and O–H groups in total. The summed E-state index contributed by atoms with van der Waals surface area (Å²) in [6, 6.07) is 14.0. The van der Waals surface area contributed by atoms with Crippen LogP contribution in [0.15, 0.2) is 48.5 Å². The number of rotatable bonds is 6. The number of hydrazine groups is 1. The minimum Gasteiger partial charge on any atom is -0.444 e. The van der Waals surface area contributed by atoms with Gasteiger partial charge in [-0.1, -0.05) is 30.3 Å². The number of benzene rings is 2. The van der Waals surface area contributed by atoms with Crippen LogP contribution in [0.3, 0.4) is 0 Å². The summed E-state index contributed by atoms with van der Waals surface area (Å²) in [5.41, 5.74) is 3.64. The summed E-state index contributed by atoms with van der Waals surface area (Å²) in [5, 5.41) is 0. The van der Waals surface area contributed by atoms with Gasteiger partial charge in [0.05, 0.1) is 12.5 Å². The first-order valence-corrected chi connectivity index (χ1v) is 10.9. The molecule has 176 valence electrons. The van der Waals surface area contributed by atoms with Crippen molar-refractivity contribution >= 4 is 17.7 Å². The van der Waals surface area contributed by atoms with Gasteiger partial charge in [0.25, 0.3) is 0 Å². The number of carbonyl (C=O) groups is 2. The molecule has 2 fully saturated rings. The largest absolute Gasteiger partial charge is 0.444 e. The van der Waals surface area contributed by atoms with Gasteiger partial charge in [0.1, 0.15) is 17.5 Å². The quantitative estimate of drug-likeness (QED) is 0.394. The van der Waals surface area contributed by atoms with E-state index in [2.05, 4.69) is 5.43 Å². The highest BCUT2D eigenvalue weighted by Crippen LogP contribution is 2.37. The van der Waals surface area contributed by atoms with E-state index in [1.54, 1.807) is 37.8 Å². The van der Waals surface area contributed by atoms with E-state index in [-0.39, 0.29) is 43.8 Å². The first-order valence-electron chi connectivity index (χ1n) is 10.9. The van der Waals surface area contributed by atoms with Crippen LogP contribution in [0.5, 0.6) is 0 Å². The third kappa shape index (κ3) is 5.32. The van der Waals surface area contributed by atoms with Gasteiger partial charge in [-0.15, -0.1) is 0 Å². The number of carbonyl (C=O) groups excluding carboxylic acids is 2. The Morgan fingerprint density at radius 3 is 2.48 bits per heavy atom. The van der Waals surface area contributed by atoms with Gasteiger partial charge < -0.3 is 19.3 Å². The molecule has 0 spiro atoms. The van der Waals surface area contributed by atoms with Crippen LogP contribution in [0.4, 0.5) is 14.9 Å². The lowest BCUT2D eigenvalue weighted by Crippen LogP contribution is -2.57. The van der Waals surface area contributed by atoms with Crippen molar-refractivity contribution in [3.63, 3.8) is 0 Å². The number of nitrogens with two attached hydrogens (primary N) is 1. The molecule has 2 unspecified atom stereocenters. The first-order chi connectivity index (χ1) is 15.7. The molecule has 2 heterocycles. The van der Waals surface area contributed by atoms with E-state index in [4.69, 9.17) is 15.3 Å². The maximum atomic E-state index is 14.9. The summed E-state index contributed by atoms with van der Waals surface area (Å²) in [6.07, 6.45) is -1.03. The number of likely N-dealkylation sites (tertiary alicyclic amines) is 1. The lowest BCUT2D eigenvalue weighted by molar-refractivity contribution is -0.127. The van der Waals surface area contributed by atoms with Crippen LogP contribution >= 0.6 is 0 Å². The monoisotopic (exact) mass is 456 g/mol. The van der Waals surface area contributed by atoms with Crippen LogP contribution in [0.1, 0.15) is 38.0 Å². The summed E-state index contributed by atoms with van der Waals surface area (Å²) in [6.45, 7) is 6.00. The fraction of sp³-hybridized carbons (Fsp3) is 0.417. The van der Waals surface area contributed by atoms with Gasteiger partial charge in [-0.05, 0) is 44.5 Å². The molecule has 33 heavy (non-hydrogen) atoms. The van der Waals surface area contributed by atoms with Crippen LogP contribution < -0.4 is 16.2 Å². The molecule has 2 aromatic rings. The van der Waals surface area contributed by atoms with Crippen molar-refractivity contribution in [2.75, 3.05) is 18.0 Å². The minimum atomic E-state index is -0.600. The van der Waals surface area contributed by atoms with Crippen LogP contribution in [0.2, 0.25) is 0 Å². The molecular weight excluding hydrogens is 427 g/mol. The van der Waals surface area contributed by atoms with E-state index in [1.165, 1.54) is 11.0 Å². The number of epoxide rings is 1. The Bertz CT molecular complexity index is 1020. The van der Waals surface area contributed by atoms with Gasteiger partial charge >= 0.3 is 6.09 Å². The summed E-state index contributed by atoms with van der Waals surface area (Å²) in [4.78, 5) is 28.6. The zero-order chi connectivity index (χ0) is 23.8. The number of anilines is 1. The average Bonchev–Trinajstić information content (AvgIpc) is 3.51. The predicted octanol–water partition coefficient (Wildman–Crippen LogP) is 3.09. The maximum Gasteiger partial charge on any atom is 0.410 e. The molecular formula is C24H29FN4O4. The van der Waals surface area contributed by atoms with Crippen molar-refractivity contribution in [2.45, 2.75) is 45.2 Å². The molecule has 2 atom stereocenters. The molecule has 9 heteroatoms. The van der Waals surface area contributed by atoms with E-state index in [0.29, 0.717) is 16.8 Å². The third-order valence-electron chi connectivity index (χ3n) is 5.61. The molecule has 2 aliphatic heterocycles. The number of amides is 2. The second-order valence-electron chi connectivity index (χ2n) is 9.34. The number of nitrogens with zero attached hydrogens (tertiary/aromatic N) is 2. The Morgan fingerprint density at radius 2 is 1.91 bits per heavy atom. The number of nitrogens with one attached hydrogen (secondary N) is 1. The molecule has 0 bridgehead atoms. The summed E-state index contributed by atoms with van der Waals surface area (Å²) >= 11 is 0. The molecule has 2 amide bonds. The highest BCUT2D eigenvalue weighted by atomic mass is 19.1. The SMILES string of the molecule is CC(C)(C)OC(=O)N1CC(C(=O)N(Cc2ccc(C3OC3NN)cc2F)c2ccccc2)C1. The van der Waals surface area contributed by atoms with E-state index < -0.39 is 17.5 Å². The maximum absolute atomic E-state index is 14.9. The smallest absolute Gasteiger partial charge is 0.410 e. The number of para-hydroxylation sites is 1. The van der Waals surface area contributed by atoms with Gasteiger partial charge in [-0.2, -0.15) is 0 Å². The fourth-order valence-electron chi connectivity index (χ4n) is 3.77. The van der Waals surface area contributed by atoms with Crippen LogP contribution in [0, 0.1) is 11.7 Å². The van der Waals surface area contributed by atoms with Gasteiger partial charge in [-0.25, -0.2) is 14.6 Å². The van der Waals surface area contributed by atoms with Gasteiger partial charge in [0, 0.05) is 24.3 Å². The average molecular weight is 457 g/mol. The fourth-order valence-corrected chi connectivity index (χ4v) is 3.77. The van der Waals surface area contributed by atoms with E-state index in [9.17, 15) is 14.0 Å². The van der Waals surface area contributed by atoms with Gasteiger partial charge in [0.15, 0.2) is 6.23 Å². The molecule has 8 nitrogen and oxygen atoms in total. The Labute approximate surface area is 192 Å². The van der Waals surface area contributed by atoms with Crippen molar-refractivity contribution in [3.8, 4) is 0 Å². The number of hydrogen-bond acceptors (Lipinski definition) is 6. The number of ether oxygens (including phenoxy) is 2. The summed E-state index contributed by atoms with van der Waals surface area (Å²) < 4.78 is 25.6. The normalized spacial score (nSPS) is 20.2. The van der Waals surface area contributed by atoms with Gasteiger partial charge in [0.2, 0.25) is 5.91 Å². The Morgan fingerprint density at radius 1 is 1.21 bits per heavy atom. The van der Waals surface area contributed by atoms with Crippen molar-refractivity contribution in [3.05, 3.63) is 65.5 Å². The molecule has 2 saturated heterocycles. The molecule has 2 aromatic carbocycles. The highest BCUT2D eigenvalue weighted by Gasteiger charge is 2.41. The Kier molecular flexibility index (Phi) is 6.38. The van der Waals surface area contributed by atoms with Crippen molar-refractivity contribution in [1.82, 2.24) is 10.3 Å². The van der Waals surface area contributed by atoms with Crippen molar-refractivity contribution in [1.29, 1.82) is 0 Å². The van der Waals surface area contributed by atoms with Crippen LogP contribution in [-0.2, 0) is 20.8 Å². The van der Waals surface area contributed by atoms with Crippen LogP contribution in [-0.4, -0.2) is 41.8 Å². The molecule has 4 rings (SSSR count). The predicted molar refractivity (Wildman–Crippen MR) is 120 cm³/mol. The van der Waals surface area contributed by atoms with Gasteiger partial charge in [-0.3, -0.25) is 10.6 Å². The second-order valence-corrected chi connectivity index (χ2v) is 9.34. The zero-order valence-corrected chi connectivity index (χ0v) is 19.0. The Hall–Kier alpha value is -3.01. The standard InChI is InChI=1S/C24H29FN4O4/c1-24(2,3)33-23(31)28-12-17(13-28)22(30)29(18-7-5-4-6-8-18)14-16-10-9-15(11-19(16)25)20-21(27-26)32-20/h4-11,17,20-21,27H,12-14,26H2,1-3H3. The molecule has 0 saturated carbocycles. The third-order valence-corrected chi connectivity index (χ3v) is 5.61. The molecule has 0 radical (unpaired) electrons. The minimum absolute atomic E-state index is 0.0714. The highest BCUT2D eigenvalue weighted by molar-refractivity contribution is 5.96. The molecule has 0 aromatic heterocycles. The zero-order valence-electron chi connectivity index (χ0n) is 19.0. The summed E-state index contributed by atoms with van der Waals surface area (Å²) in [5.74, 6) is 4.39. The Balaban J connectivity index is 1.47. The molecule has 0 aliphatic carbocycles. The van der Waals surface area contributed by atoms with E-state index in [0.717, 1.165) is 0 Å². The summed E-state index contributed by atoms with van der Waals surface area (Å²) in [7, 11) is 0. The van der Waals surface area contributed by atoms with Crippen molar-refractivity contribution < 1.29 is 23.5 Å². The van der Waals surface area contributed by atoms with Crippen LogP contribution in [0.25, 0.3) is 0 Å². The second kappa shape index (κ2) is 9.09. The van der Waals surface area contributed by atoms with Crippen molar-refractivity contribution in [2.24, 2.45) is 11.8 Å². The van der Waals surface area contributed by atoms with E-state index in [1.807, 2.05) is 30.3 Å². The lowest BCUT2D eigenvalue weighted by Gasteiger charge is -2.41. The molecule has 2 aliphatic rings. The lowest BCUT2D eigenvalue weighted by atomic mass is 9.98. The first kappa shape index (κ1) is 23.2.